The molecule has 1 atom stereocenters. The Morgan fingerprint density at radius 1 is 1.14 bits per heavy atom. The van der Waals surface area contributed by atoms with Gasteiger partial charge in [0.05, 0.1) is 27.5 Å². The number of hydrogen-bond acceptors (Lipinski definition) is 5. The summed E-state index contributed by atoms with van der Waals surface area (Å²) in [7, 11) is 0. The molecule has 1 N–H and O–H groups in total. The molecule has 1 aliphatic rings. The highest BCUT2D eigenvalue weighted by Gasteiger charge is 2.32. The van der Waals surface area contributed by atoms with Gasteiger partial charge in [-0.25, -0.2) is 4.99 Å². The van der Waals surface area contributed by atoms with Crippen LogP contribution in [-0.4, -0.2) is 20.3 Å². The predicted octanol–water partition coefficient (Wildman–Crippen LogP) is 3.74. The molecule has 2 aromatic heterocycles. The molecule has 0 fully saturated rings. The number of nitrogens with one attached hydrogen (secondary N) is 1. The molecule has 4 aromatic rings. The third-order valence-corrected chi connectivity index (χ3v) is 6.98. The lowest BCUT2D eigenvalue weighted by Gasteiger charge is -2.25. The van der Waals surface area contributed by atoms with E-state index >= 15 is 0 Å². The zero-order chi connectivity index (χ0) is 24.5. The minimum atomic E-state index is -0.650. The second-order valence-electron chi connectivity index (χ2n) is 8.05. The van der Waals surface area contributed by atoms with Gasteiger partial charge >= 0.3 is 0 Å². The topological polar surface area (TPSA) is 81.3 Å². The normalized spacial score (nSPS) is 15.6. The number of para-hydroxylation sites is 1. The number of allylic oxidation sites excluding steroid dienone is 1. The molecule has 0 unspecified atom stereocenters. The van der Waals surface area contributed by atoms with E-state index in [1.165, 1.54) is 11.3 Å². The minimum Gasteiger partial charge on any atom is -0.322 e. The van der Waals surface area contributed by atoms with Crippen molar-refractivity contribution in [1.29, 1.82) is 0 Å². The average molecular weight is 504 g/mol. The highest BCUT2D eigenvalue weighted by Crippen LogP contribution is 2.31. The molecule has 0 aliphatic carbocycles. The van der Waals surface area contributed by atoms with Gasteiger partial charge in [-0.05, 0) is 55.8 Å². The molecular formula is C26H22ClN5O2S. The summed E-state index contributed by atoms with van der Waals surface area (Å²) in [6, 6.07) is 17.6. The van der Waals surface area contributed by atoms with Crippen molar-refractivity contribution < 1.29 is 4.79 Å². The molecule has 7 nitrogen and oxygen atoms in total. The smallest absolute Gasteiger partial charge is 0.271 e. The van der Waals surface area contributed by atoms with Crippen LogP contribution >= 0.6 is 22.9 Å². The van der Waals surface area contributed by atoms with Crippen LogP contribution in [0, 0.1) is 0 Å². The maximum atomic E-state index is 13.6. The first-order chi connectivity index (χ1) is 16.9. The molecule has 3 heterocycles. The van der Waals surface area contributed by atoms with Crippen LogP contribution in [0.3, 0.4) is 0 Å². The first-order valence-corrected chi connectivity index (χ1v) is 12.3. The summed E-state index contributed by atoms with van der Waals surface area (Å²) in [5.41, 5.74) is 2.86. The van der Waals surface area contributed by atoms with Crippen LogP contribution in [0.2, 0.25) is 5.02 Å². The van der Waals surface area contributed by atoms with E-state index < -0.39 is 6.04 Å². The number of anilines is 1. The molecule has 1 aliphatic heterocycles. The van der Waals surface area contributed by atoms with Crippen LogP contribution in [0.15, 0.2) is 87.9 Å². The van der Waals surface area contributed by atoms with Crippen LogP contribution in [0.5, 0.6) is 0 Å². The van der Waals surface area contributed by atoms with E-state index in [2.05, 4.69) is 15.4 Å². The number of carbonyl (C=O) groups is 1. The van der Waals surface area contributed by atoms with Gasteiger partial charge in [0, 0.05) is 23.5 Å². The Labute approximate surface area is 210 Å². The molecule has 5 rings (SSSR count). The molecule has 0 saturated carbocycles. The maximum Gasteiger partial charge on any atom is 0.271 e. The van der Waals surface area contributed by atoms with E-state index in [0.29, 0.717) is 37.0 Å². The number of thiazole rings is 1. The Morgan fingerprint density at radius 3 is 2.57 bits per heavy atom. The number of carbonyl (C=O) groups excluding carboxylic acids is 1. The number of aromatic nitrogens is 3. The van der Waals surface area contributed by atoms with Crippen molar-refractivity contribution in [2.75, 3.05) is 5.32 Å². The monoisotopic (exact) mass is 503 g/mol. The van der Waals surface area contributed by atoms with Gasteiger partial charge in [0.2, 0.25) is 0 Å². The fourth-order valence-corrected chi connectivity index (χ4v) is 5.21. The summed E-state index contributed by atoms with van der Waals surface area (Å²) in [6.45, 7) is 4.54. The minimum absolute atomic E-state index is 0.225. The van der Waals surface area contributed by atoms with Gasteiger partial charge in [0.25, 0.3) is 11.5 Å². The zero-order valence-corrected chi connectivity index (χ0v) is 20.7. The average Bonchev–Trinajstić information content (AvgIpc) is 3.43. The van der Waals surface area contributed by atoms with E-state index in [-0.39, 0.29) is 11.5 Å². The summed E-state index contributed by atoms with van der Waals surface area (Å²) < 4.78 is 3.89. The molecule has 1 amide bonds. The standard InChI is InChI=1S/C26H22ClN5O2S/c1-3-31-14-13-20(30-31)15-21-25(34)32-23(17-9-11-18(27)12-10-17)22(16(2)28-26(32)35-21)24(33)29-19-7-5-4-6-8-19/h4-15,23H,3H2,1-2H3,(H,29,33)/b21-15+/t23-/m0/s1. The molecule has 0 spiro atoms. The Morgan fingerprint density at radius 2 is 1.89 bits per heavy atom. The third-order valence-electron chi connectivity index (χ3n) is 5.75. The van der Waals surface area contributed by atoms with Gasteiger partial charge in [-0.15, -0.1) is 0 Å². The number of hydrogen-bond donors (Lipinski definition) is 1. The Hall–Kier alpha value is -3.75. The number of rotatable bonds is 5. The van der Waals surface area contributed by atoms with E-state index in [4.69, 9.17) is 11.6 Å². The first-order valence-electron chi connectivity index (χ1n) is 11.1. The van der Waals surface area contributed by atoms with Gasteiger partial charge in [-0.1, -0.05) is 53.3 Å². The highest BCUT2D eigenvalue weighted by atomic mass is 35.5. The third kappa shape index (κ3) is 4.50. The quantitative estimate of drug-likeness (QED) is 0.450. The lowest BCUT2D eigenvalue weighted by Crippen LogP contribution is -2.40. The van der Waals surface area contributed by atoms with E-state index in [1.807, 2.05) is 61.7 Å². The van der Waals surface area contributed by atoms with Crippen LogP contribution in [0.4, 0.5) is 5.69 Å². The fourth-order valence-electron chi connectivity index (χ4n) is 4.06. The van der Waals surface area contributed by atoms with Crippen LogP contribution < -0.4 is 20.2 Å². The molecule has 9 heteroatoms. The lowest BCUT2D eigenvalue weighted by molar-refractivity contribution is -0.113. The Kier molecular flexibility index (Phi) is 6.23. The summed E-state index contributed by atoms with van der Waals surface area (Å²) in [5, 5.41) is 7.98. The maximum absolute atomic E-state index is 13.6. The predicted molar refractivity (Wildman–Crippen MR) is 138 cm³/mol. The van der Waals surface area contributed by atoms with Crippen molar-refractivity contribution in [3.05, 3.63) is 114 Å². The lowest BCUT2D eigenvalue weighted by atomic mass is 9.95. The summed E-state index contributed by atoms with van der Waals surface area (Å²) in [5.74, 6) is -0.312. The molecule has 35 heavy (non-hydrogen) atoms. The molecule has 0 radical (unpaired) electrons. The fraction of sp³-hybridized carbons (Fsp3) is 0.154. The van der Waals surface area contributed by atoms with Crippen molar-refractivity contribution in [3.63, 3.8) is 0 Å². The largest absolute Gasteiger partial charge is 0.322 e. The van der Waals surface area contributed by atoms with Gasteiger partial charge in [-0.3, -0.25) is 18.8 Å². The second kappa shape index (κ2) is 9.48. The second-order valence-corrected chi connectivity index (χ2v) is 9.50. The number of nitrogens with zero attached hydrogens (tertiary/aromatic N) is 4. The van der Waals surface area contributed by atoms with Gasteiger partial charge in [0.15, 0.2) is 4.80 Å². The number of amides is 1. The molecule has 2 aromatic carbocycles. The van der Waals surface area contributed by atoms with E-state index in [0.717, 1.165) is 12.1 Å². The van der Waals surface area contributed by atoms with Crippen LogP contribution in [-0.2, 0) is 11.3 Å². The highest BCUT2D eigenvalue weighted by molar-refractivity contribution is 7.07. The summed E-state index contributed by atoms with van der Waals surface area (Å²) >= 11 is 7.42. The van der Waals surface area contributed by atoms with Crippen LogP contribution in [0.1, 0.15) is 31.1 Å². The molecule has 0 saturated heterocycles. The molecule has 0 bridgehead atoms. The zero-order valence-electron chi connectivity index (χ0n) is 19.1. The number of benzene rings is 2. The number of fused-ring (bicyclic) bond motifs is 1. The van der Waals surface area contributed by atoms with Crippen molar-refractivity contribution in [3.8, 4) is 0 Å². The Bertz CT molecular complexity index is 1610. The van der Waals surface area contributed by atoms with Crippen molar-refractivity contribution in [2.45, 2.75) is 26.4 Å². The molecular weight excluding hydrogens is 482 g/mol. The van der Waals surface area contributed by atoms with Crippen molar-refractivity contribution in [2.24, 2.45) is 4.99 Å². The molecule has 176 valence electrons. The van der Waals surface area contributed by atoms with Crippen LogP contribution in [0.25, 0.3) is 6.08 Å². The number of halogens is 1. The summed E-state index contributed by atoms with van der Waals surface area (Å²) in [6.07, 6.45) is 3.63. The first kappa shape index (κ1) is 23.0. The van der Waals surface area contributed by atoms with Gasteiger partial charge < -0.3 is 5.32 Å². The van der Waals surface area contributed by atoms with E-state index in [1.54, 1.807) is 34.4 Å². The van der Waals surface area contributed by atoms with Gasteiger partial charge in [-0.2, -0.15) is 5.10 Å². The Balaban J connectivity index is 1.66. The summed E-state index contributed by atoms with van der Waals surface area (Å²) in [4.78, 5) is 32.3. The SMILES string of the molecule is CCn1ccc(/C=c2/sc3n(c2=O)[C@@H](c2ccc(Cl)cc2)C(C(=O)Nc2ccccc2)=C(C)N=3)n1. The van der Waals surface area contributed by atoms with Gasteiger partial charge in [0.1, 0.15) is 0 Å². The van der Waals surface area contributed by atoms with E-state index in [9.17, 15) is 9.59 Å². The van der Waals surface area contributed by atoms with Crippen molar-refractivity contribution in [1.82, 2.24) is 14.3 Å². The van der Waals surface area contributed by atoms with Crippen molar-refractivity contribution >= 4 is 40.6 Å². The number of aryl methyl sites for hydroxylation is 1.